The van der Waals surface area contributed by atoms with Crippen molar-refractivity contribution in [2.45, 2.75) is 44.4 Å². The highest BCUT2D eigenvalue weighted by atomic mass is 35.5. The van der Waals surface area contributed by atoms with Crippen molar-refractivity contribution in [3.63, 3.8) is 0 Å². The Bertz CT molecular complexity index is 547. The first-order valence-electron chi connectivity index (χ1n) is 6.70. The van der Waals surface area contributed by atoms with E-state index in [9.17, 15) is 4.79 Å². The van der Waals surface area contributed by atoms with Gasteiger partial charge in [-0.15, -0.1) is 0 Å². The summed E-state index contributed by atoms with van der Waals surface area (Å²) in [6.45, 7) is 2.78. The zero-order valence-electron chi connectivity index (χ0n) is 11.0. The number of halogens is 1. The lowest BCUT2D eigenvalue weighted by Crippen LogP contribution is -2.18. The molecule has 0 aromatic heterocycles. The quantitative estimate of drug-likeness (QED) is 0.922. The molecular weight excluding hydrogens is 264 g/mol. The zero-order valence-corrected chi connectivity index (χ0v) is 11.7. The van der Waals surface area contributed by atoms with Crippen LogP contribution in [-0.2, 0) is 16.6 Å². The number of hydrogen-bond donors (Lipinski definition) is 1. The lowest BCUT2D eigenvalue weighted by molar-refractivity contribution is -0.137. The van der Waals surface area contributed by atoms with E-state index in [2.05, 4.69) is 6.92 Å². The van der Waals surface area contributed by atoms with Crippen LogP contribution in [0.2, 0.25) is 5.02 Å². The normalized spacial score (nSPS) is 19.5. The molecule has 0 spiro atoms. The topological polar surface area (TPSA) is 46.5 Å². The highest BCUT2D eigenvalue weighted by Crippen LogP contribution is 2.54. The summed E-state index contributed by atoms with van der Waals surface area (Å²) >= 11 is 6.32. The first-order valence-corrected chi connectivity index (χ1v) is 7.08. The molecule has 19 heavy (non-hydrogen) atoms. The predicted octanol–water partition coefficient (Wildman–Crippen LogP) is 3.48. The van der Waals surface area contributed by atoms with Crippen LogP contribution in [0.4, 0.5) is 0 Å². The van der Waals surface area contributed by atoms with Crippen LogP contribution in [0.3, 0.4) is 0 Å². The Morgan fingerprint density at radius 3 is 2.89 bits per heavy atom. The number of benzene rings is 1. The average molecular weight is 281 g/mol. The van der Waals surface area contributed by atoms with Crippen LogP contribution in [0.15, 0.2) is 6.07 Å². The Morgan fingerprint density at radius 1 is 1.53 bits per heavy atom. The summed E-state index contributed by atoms with van der Waals surface area (Å²) in [6.07, 6.45) is 4.05. The molecule has 1 heterocycles. The van der Waals surface area contributed by atoms with Crippen LogP contribution >= 0.6 is 11.6 Å². The molecule has 2 aliphatic rings. The molecule has 0 atom stereocenters. The van der Waals surface area contributed by atoms with Crippen molar-refractivity contribution in [1.29, 1.82) is 0 Å². The van der Waals surface area contributed by atoms with E-state index >= 15 is 0 Å². The van der Waals surface area contributed by atoms with Gasteiger partial charge in [-0.2, -0.15) is 0 Å². The summed E-state index contributed by atoms with van der Waals surface area (Å²) in [6, 6.07) is 1.93. The monoisotopic (exact) mass is 280 g/mol. The molecule has 1 N–H and O–H groups in total. The summed E-state index contributed by atoms with van der Waals surface area (Å²) in [5.41, 5.74) is 3.28. The summed E-state index contributed by atoms with van der Waals surface area (Å²) < 4.78 is 5.66. The van der Waals surface area contributed by atoms with Gasteiger partial charge in [-0.25, -0.2) is 0 Å². The smallest absolute Gasteiger partial charge is 0.304 e. The molecule has 3 rings (SSSR count). The number of hydrogen-bond acceptors (Lipinski definition) is 2. The number of carboxylic acid groups (broad SMARTS) is 1. The molecule has 1 fully saturated rings. The fraction of sp³-hybridized carbons (Fsp3) is 0.533. The van der Waals surface area contributed by atoms with Gasteiger partial charge in [0, 0.05) is 5.41 Å². The van der Waals surface area contributed by atoms with Crippen LogP contribution in [-0.4, -0.2) is 17.7 Å². The molecule has 0 saturated heterocycles. The lowest BCUT2D eigenvalue weighted by atomic mass is 9.85. The molecule has 0 radical (unpaired) electrons. The second kappa shape index (κ2) is 4.41. The molecule has 1 aromatic rings. The van der Waals surface area contributed by atoms with Gasteiger partial charge >= 0.3 is 5.97 Å². The largest absolute Gasteiger partial charge is 0.492 e. The van der Waals surface area contributed by atoms with E-state index in [-0.39, 0.29) is 11.8 Å². The van der Waals surface area contributed by atoms with Gasteiger partial charge in [0.15, 0.2) is 0 Å². The molecule has 1 saturated carbocycles. The van der Waals surface area contributed by atoms with E-state index in [0.29, 0.717) is 11.6 Å². The minimum absolute atomic E-state index is 0.188. The molecular formula is C15H17ClO3. The maximum atomic E-state index is 11.1. The van der Waals surface area contributed by atoms with Gasteiger partial charge in [0.25, 0.3) is 0 Å². The van der Waals surface area contributed by atoms with E-state index in [1.807, 2.05) is 6.07 Å². The Hall–Kier alpha value is -1.22. The molecule has 3 nitrogen and oxygen atoms in total. The number of aliphatic carboxylic acids is 1. The molecule has 1 aliphatic heterocycles. The fourth-order valence-electron chi connectivity index (χ4n) is 3.19. The second-order valence-corrected chi connectivity index (χ2v) is 6.05. The van der Waals surface area contributed by atoms with E-state index in [0.717, 1.165) is 37.0 Å². The third-order valence-electron chi connectivity index (χ3n) is 4.35. The van der Waals surface area contributed by atoms with Gasteiger partial charge in [0.1, 0.15) is 5.75 Å². The number of carboxylic acids is 1. The second-order valence-electron chi connectivity index (χ2n) is 5.64. The predicted molar refractivity (Wildman–Crippen MR) is 73.2 cm³/mol. The number of fused-ring (bicyclic) bond motifs is 1. The van der Waals surface area contributed by atoms with Crippen molar-refractivity contribution in [2.75, 3.05) is 6.61 Å². The maximum absolute atomic E-state index is 11.1. The van der Waals surface area contributed by atoms with E-state index in [1.54, 1.807) is 0 Å². The first kappa shape index (κ1) is 12.8. The van der Waals surface area contributed by atoms with Crippen LogP contribution in [0.1, 0.15) is 42.4 Å². The van der Waals surface area contributed by atoms with E-state index in [4.69, 9.17) is 21.4 Å². The molecule has 0 unspecified atom stereocenters. The van der Waals surface area contributed by atoms with Crippen molar-refractivity contribution >= 4 is 17.6 Å². The third kappa shape index (κ3) is 2.10. The maximum Gasteiger partial charge on any atom is 0.304 e. The molecule has 102 valence electrons. The van der Waals surface area contributed by atoms with Crippen molar-refractivity contribution in [2.24, 2.45) is 0 Å². The summed E-state index contributed by atoms with van der Waals surface area (Å²) in [5, 5.41) is 9.72. The van der Waals surface area contributed by atoms with Crippen LogP contribution < -0.4 is 4.74 Å². The Kier molecular flexibility index (Phi) is 2.97. The standard InChI is InChI=1S/C15H17ClO3/c1-9-10-3-2-6-19-14(10)12(16)7-11(9)15(4-5-15)8-13(17)18/h7H,2-6,8H2,1H3,(H,17,18). The number of rotatable bonds is 3. The first-order chi connectivity index (χ1) is 9.03. The number of carbonyl (C=O) groups is 1. The van der Waals surface area contributed by atoms with Crippen molar-refractivity contribution in [1.82, 2.24) is 0 Å². The molecule has 1 aliphatic carbocycles. The molecule has 0 amide bonds. The van der Waals surface area contributed by atoms with Crippen LogP contribution in [0.25, 0.3) is 0 Å². The zero-order chi connectivity index (χ0) is 13.6. The Labute approximate surface area is 117 Å². The SMILES string of the molecule is Cc1c(C2(CC(=O)O)CC2)cc(Cl)c2c1CCCO2. The lowest BCUT2D eigenvalue weighted by Gasteiger charge is -2.25. The summed E-state index contributed by atoms with van der Waals surface area (Å²) in [5.74, 6) is 0.0716. The van der Waals surface area contributed by atoms with Gasteiger partial charge < -0.3 is 9.84 Å². The van der Waals surface area contributed by atoms with Gasteiger partial charge in [0.2, 0.25) is 0 Å². The Balaban J connectivity index is 2.08. The van der Waals surface area contributed by atoms with Gasteiger partial charge in [0.05, 0.1) is 18.1 Å². The average Bonchev–Trinajstić information content (AvgIpc) is 3.13. The van der Waals surface area contributed by atoms with Crippen molar-refractivity contribution in [3.8, 4) is 5.75 Å². The fourth-order valence-corrected chi connectivity index (χ4v) is 3.47. The van der Waals surface area contributed by atoms with Crippen molar-refractivity contribution < 1.29 is 14.6 Å². The third-order valence-corrected chi connectivity index (χ3v) is 4.63. The van der Waals surface area contributed by atoms with Gasteiger partial charge in [-0.3, -0.25) is 4.79 Å². The molecule has 1 aromatic carbocycles. The highest BCUT2D eigenvalue weighted by Gasteiger charge is 2.47. The summed E-state index contributed by atoms with van der Waals surface area (Å²) in [7, 11) is 0. The minimum atomic E-state index is -0.734. The summed E-state index contributed by atoms with van der Waals surface area (Å²) in [4.78, 5) is 11.1. The van der Waals surface area contributed by atoms with Gasteiger partial charge in [-0.05, 0) is 55.4 Å². The minimum Gasteiger partial charge on any atom is -0.492 e. The molecule has 0 bridgehead atoms. The highest BCUT2D eigenvalue weighted by molar-refractivity contribution is 6.32. The van der Waals surface area contributed by atoms with Crippen LogP contribution in [0, 0.1) is 6.92 Å². The van der Waals surface area contributed by atoms with Crippen LogP contribution in [0.5, 0.6) is 5.75 Å². The van der Waals surface area contributed by atoms with E-state index in [1.165, 1.54) is 11.1 Å². The molecule has 4 heteroatoms. The van der Waals surface area contributed by atoms with E-state index < -0.39 is 5.97 Å². The van der Waals surface area contributed by atoms with Gasteiger partial charge in [-0.1, -0.05) is 11.6 Å². The van der Waals surface area contributed by atoms with Crippen molar-refractivity contribution in [3.05, 3.63) is 27.8 Å². The Morgan fingerprint density at radius 2 is 2.26 bits per heavy atom. The number of ether oxygens (including phenoxy) is 1.